The molecule has 56 heavy (non-hydrogen) atoms. The first kappa shape index (κ1) is 38.1. The SMILES string of the molecule is COc1ccc(-c2ccc(C(=O)NC(C)C(=O)OC(C)(C)C)cc2COc2ccc(-c3nc4cc(-c5nn[nH]n5)ccc4n3C3CCCCC3)cc2)cc1OC. The third-order valence-electron chi connectivity index (χ3n) is 9.91. The van der Waals surface area contributed by atoms with E-state index in [0.717, 1.165) is 57.5 Å². The van der Waals surface area contributed by atoms with Crippen LogP contribution in [0.25, 0.3) is 44.9 Å². The van der Waals surface area contributed by atoms with E-state index in [-0.39, 0.29) is 6.61 Å². The maximum atomic E-state index is 13.4. The Balaban J connectivity index is 1.17. The van der Waals surface area contributed by atoms with Crippen molar-refractivity contribution >= 4 is 22.9 Å². The van der Waals surface area contributed by atoms with Crippen molar-refractivity contribution in [1.29, 1.82) is 0 Å². The second-order valence-electron chi connectivity index (χ2n) is 15.0. The number of rotatable bonds is 12. The van der Waals surface area contributed by atoms with Crippen LogP contribution in [0.5, 0.6) is 17.2 Å². The summed E-state index contributed by atoms with van der Waals surface area (Å²) in [4.78, 5) is 31.2. The van der Waals surface area contributed by atoms with Crippen LogP contribution in [0.4, 0.5) is 0 Å². The molecule has 1 atom stereocenters. The maximum Gasteiger partial charge on any atom is 0.328 e. The molecular formula is C43H47N7O6. The number of aromatic amines is 1. The summed E-state index contributed by atoms with van der Waals surface area (Å²) in [7, 11) is 3.18. The van der Waals surface area contributed by atoms with Gasteiger partial charge in [0.1, 0.15) is 29.8 Å². The highest BCUT2D eigenvalue weighted by Crippen LogP contribution is 2.38. The van der Waals surface area contributed by atoms with Crippen molar-refractivity contribution in [2.45, 2.75) is 84.1 Å². The van der Waals surface area contributed by atoms with Crippen molar-refractivity contribution in [3.63, 3.8) is 0 Å². The molecule has 13 heteroatoms. The normalized spacial score (nSPS) is 14.0. The summed E-state index contributed by atoms with van der Waals surface area (Å²) in [5, 5.41) is 17.3. The zero-order chi connectivity index (χ0) is 39.4. The summed E-state index contributed by atoms with van der Waals surface area (Å²) in [6.45, 7) is 7.13. The van der Waals surface area contributed by atoms with Crippen LogP contribution < -0.4 is 19.5 Å². The second kappa shape index (κ2) is 16.2. The number of carbonyl (C=O) groups is 2. The molecule has 1 aliphatic rings. The minimum absolute atomic E-state index is 0.158. The van der Waals surface area contributed by atoms with Gasteiger partial charge in [0.15, 0.2) is 11.5 Å². The first-order chi connectivity index (χ1) is 27.0. The number of esters is 1. The van der Waals surface area contributed by atoms with Crippen molar-refractivity contribution in [1.82, 2.24) is 35.5 Å². The number of amides is 1. The predicted octanol–water partition coefficient (Wildman–Crippen LogP) is 8.11. The van der Waals surface area contributed by atoms with E-state index in [4.69, 9.17) is 23.9 Å². The first-order valence-electron chi connectivity index (χ1n) is 18.9. The summed E-state index contributed by atoms with van der Waals surface area (Å²) < 4.78 is 25.3. The lowest BCUT2D eigenvalue weighted by atomic mass is 9.94. The summed E-state index contributed by atoms with van der Waals surface area (Å²) in [6, 6.07) is 24.6. The van der Waals surface area contributed by atoms with E-state index in [1.807, 2.05) is 60.7 Å². The van der Waals surface area contributed by atoms with Crippen molar-refractivity contribution in [2.75, 3.05) is 14.2 Å². The molecule has 0 saturated heterocycles. The zero-order valence-corrected chi connectivity index (χ0v) is 32.6. The summed E-state index contributed by atoms with van der Waals surface area (Å²) in [5.41, 5.74) is 5.94. The Labute approximate surface area is 325 Å². The average molecular weight is 758 g/mol. The van der Waals surface area contributed by atoms with Gasteiger partial charge in [0.2, 0.25) is 5.82 Å². The molecule has 1 saturated carbocycles. The van der Waals surface area contributed by atoms with Gasteiger partial charge in [0.25, 0.3) is 5.91 Å². The molecule has 1 aliphatic carbocycles. The molecular weight excluding hydrogens is 711 g/mol. The van der Waals surface area contributed by atoms with Gasteiger partial charge in [-0.05, 0) is 129 Å². The maximum absolute atomic E-state index is 13.4. The van der Waals surface area contributed by atoms with Gasteiger partial charge in [-0.3, -0.25) is 4.79 Å². The predicted molar refractivity (Wildman–Crippen MR) is 213 cm³/mol. The minimum atomic E-state index is -0.843. The Morgan fingerprint density at radius 1 is 0.875 bits per heavy atom. The van der Waals surface area contributed by atoms with Crippen LogP contribution in [0.2, 0.25) is 0 Å². The topological polar surface area (TPSA) is 155 Å². The van der Waals surface area contributed by atoms with Crippen LogP contribution in [0.1, 0.15) is 81.8 Å². The highest BCUT2D eigenvalue weighted by atomic mass is 16.6. The number of aromatic nitrogens is 6. The fourth-order valence-electron chi connectivity index (χ4n) is 7.16. The molecule has 1 unspecified atom stereocenters. The van der Waals surface area contributed by atoms with Crippen molar-refractivity contribution in [3.8, 4) is 51.2 Å². The van der Waals surface area contributed by atoms with Crippen molar-refractivity contribution in [3.05, 3.63) is 90.0 Å². The third kappa shape index (κ3) is 8.36. The molecule has 13 nitrogen and oxygen atoms in total. The lowest BCUT2D eigenvalue weighted by Gasteiger charge is -2.25. The first-order valence-corrected chi connectivity index (χ1v) is 18.9. The Morgan fingerprint density at radius 3 is 2.30 bits per heavy atom. The smallest absolute Gasteiger partial charge is 0.328 e. The number of ether oxygens (including phenoxy) is 4. The number of nitrogens with one attached hydrogen (secondary N) is 2. The molecule has 4 aromatic carbocycles. The van der Waals surface area contributed by atoms with E-state index in [2.05, 4.69) is 36.6 Å². The van der Waals surface area contributed by atoms with Gasteiger partial charge in [-0.15, -0.1) is 10.2 Å². The molecule has 0 bridgehead atoms. The molecule has 1 fully saturated rings. The molecule has 0 aliphatic heterocycles. The number of nitrogens with zero attached hydrogens (tertiary/aromatic N) is 5. The largest absolute Gasteiger partial charge is 0.493 e. The fourth-order valence-corrected chi connectivity index (χ4v) is 7.16. The number of fused-ring (bicyclic) bond motifs is 1. The van der Waals surface area contributed by atoms with Gasteiger partial charge >= 0.3 is 5.97 Å². The molecule has 290 valence electrons. The van der Waals surface area contributed by atoms with E-state index < -0.39 is 23.5 Å². The number of H-pyrrole nitrogens is 1. The third-order valence-corrected chi connectivity index (χ3v) is 9.91. The van der Waals surface area contributed by atoms with Gasteiger partial charge in [0.05, 0.1) is 25.3 Å². The van der Waals surface area contributed by atoms with Gasteiger partial charge < -0.3 is 28.8 Å². The van der Waals surface area contributed by atoms with Crippen LogP contribution in [-0.4, -0.2) is 67.9 Å². The number of hydrogen-bond acceptors (Lipinski definition) is 10. The molecule has 1 amide bonds. The Hall–Kier alpha value is -6.24. The molecule has 0 spiro atoms. The molecule has 0 radical (unpaired) electrons. The Kier molecular flexibility index (Phi) is 11.0. The van der Waals surface area contributed by atoms with Crippen LogP contribution in [0, 0.1) is 0 Å². The van der Waals surface area contributed by atoms with Gasteiger partial charge in [-0.2, -0.15) is 5.21 Å². The van der Waals surface area contributed by atoms with Crippen LogP contribution >= 0.6 is 0 Å². The number of tetrazole rings is 1. The van der Waals surface area contributed by atoms with Gasteiger partial charge in [0, 0.05) is 22.7 Å². The number of carbonyl (C=O) groups excluding carboxylic acids is 2. The van der Waals surface area contributed by atoms with E-state index in [9.17, 15) is 9.59 Å². The summed E-state index contributed by atoms with van der Waals surface area (Å²) in [5.74, 6) is 2.34. The van der Waals surface area contributed by atoms with E-state index in [1.54, 1.807) is 54.0 Å². The Bertz CT molecular complexity index is 2320. The highest BCUT2D eigenvalue weighted by Gasteiger charge is 2.25. The quantitative estimate of drug-likeness (QED) is 0.117. The number of benzene rings is 4. The number of methoxy groups -OCH3 is 2. The van der Waals surface area contributed by atoms with E-state index in [0.29, 0.717) is 34.7 Å². The van der Waals surface area contributed by atoms with Gasteiger partial charge in [-0.1, -0.05) is 31.4 Å². The van der Waals surface area contributed by atoms with Crippen molar-refractivity contribution < 1.29 is 28.5 Å². The van der Waals surface area contributed by atoms with E-state index >= 15 is 0 Å². The average Bonchev–Trinajstić information content (AvgIpc) is 3.88. The summed E-state index contributed by atoms with van der Waals surface area (Å²) >= 11 is 0. The standard InChI is InChI=1S/C43H47N7O6/c1-26(42(52)56-43(2,3)4)44-41(51)30-14-19-34(28-16-21-37(53-5)38(24-28)54-6)31(22-30)25-55-33-17-12-27(13-18-33)40-45-35-23-29(39-46-48-49-47-39)15-20-36(35)50(40)32-10-8-7-9-11-32/h12-24,26,32H,7-11,25H2,1-6H3,(H,44,51)(H,46,47,48,49). The Morgan fingerprint density at radius 2 is 1.61 bits per heavy atom. The lowest BCUT2D eigenvalue weighted by molar-refractivity contribution is -0.156. The monoisotopic (exact) mass is 757 g/mol. The van der Waals surface area contributed by atoms with Crippen LogP contribution in [0.15, 0.2) is 78.9 Å². The molecule has 2 aromatic heterocycles. The van der Waals surface area contributed by atoms with Crippen LogP contribution in [-0.2, 0) is 16.1 Å². The minimum Gasteiger partial charge on any atom is -0.493 e. The zero-order valence-electron chi connectivity index (χ0n) is 32.6. The van der Waals surface area contributed by atoms with E-state index in [1.165, 1.54) is 19.3 Å². The second-order valence-corrected chi connectivity index (χ2v) is 15.0. The molecule has 2 N–H and O–H groups in total. The van der Waals surface area contributed by atoms with Crippen LogP contribution in [0.3, 0.4) is 0 Å². The summed E-state index contributed by atoms with van der Waals surface area (Å²) in [6.07, 6.45) is 5.83. The number of imidazole rings is 1. The molecule has 7 rings (SSSR count). The number of hydrogen-bond donors (Lipinski definition) is 2. The molecule has 2 heterocycles. The fraction of sp³-hybridized carbons (Fsp3) is 0.349. The lowest BCUT2D eigenvalue weighted by Crippen LogP contribution is -2.42. The van der Waals surface area contributed by atoms with Crippen molar-refractivity contribution in [2.24, 2.45) is 0 Å². The van der Waals surface area contributed by atoms with Gasteiger partial charge in [-0.25, -0.2) is 9.78 Å². The molecule has 6 aromatic rings. The highest BCUT2D eigenvalue weighted by molar-refractivity contribution is 5.97.